The minimum atomic E-state index is -3.81. The summed E-state index contributed by atoms with van der Waals surface area (Å²) in [5.74, 6) is 0.141. The smallest absolute Gasteiger partial charge is 0.261 e. The Morgan fingerprint density at radius 1 is 0.931 bits per heavy atom. The Labute approximate surface area is 171 Å². The van der Waals surface area contributed by atoms with E-state index in [-0.39, 0.29) is 10.8 Å². The van der Waals surface area contributed by atoms with Crippen molar-refractivity contribution in [1.29, 1.82) is 0 Å². The molecular weight excluding hydrogens is 391 g/mol. The average molecular weight is 417 g/mol. The highest BCUT2D eigenvalue weighted by molar-refractivity contribution is 7.92. The number of hydrogen-bond donors (Lipinski definition) is 1. The summed E-state index contributed by atoms with van der Waals surface area (Å²) in [5.41, 5.74) is 0.931. The van der Waals surface area contributed by atoms with Gasteiger partial charge < -0.3 is 4.90 Å². The summed E-state index contributed by atoms with van der Waals surface area (Å²) in [6, 6.07) is 11.5. The van der Waals surface area contributed by atoms with Crippen LogP contribution in [0.2, 0.25) is 0 Å². The predicted octanol–water partition coefficient (Wildman–Crippen LogP) is 4.42. The third kappa shape index (κ3) is 4.29. The standard InChI is InChI=1S/C22H25FN2O3S/c23-18-9-13-20(14-10-18)29(27,28)24-19-11-7-17(8-12-19)22(26)25-15-3-5-16-4-1-2-6-21(16)25/h7-14,16,21,24H,1-6,15H2/t16-,21+/m1/s1. The molecule has 29 heavy (non-hydrogen) atoms. The van der Waals surface area contributed by atoms with E-state index in [0.717, 1.165) is 31.5 Å². The first-order valence-electron chi connectivity index (χ1n) is 10.1. The molecule has 154 valence electrons. The molecule has 2 atom stereocenters. The molecule has 1 N–H and O–H groups in total. The molecule has 2 aromatic carbocycles. The summed E-state index contributed by atoms with van der Waals surface area (Å²) in [4.78, 5) is 15.1. The van der Waals surface area contributed by atoms with Gasteiger partial charge in [0.05, 0.1) is 4.90 Å². The third-order valence-corrected chi connectivity index (χ3v) is 7.41. The molecule has 1 aliphatic heterocycles. The van der Waals surface area contributed by atoms with Gasteiger partial charge in [0.2, 0.25) is 0 Å². The number of likely N-dealkylation sites (tertiary alicyclic amines) is 1. The minimum absolute atomic E-state index is 0.0179. The molecule has 0 bridgehead atoms. The summed E-state index contributed by atoms with van der Waals surface area (Å²) < 4.78 is 40.4. The quantitative estimate of drug-likeness (QED) is 0.802. The molecule has 1 heterocycles. The second-order valence-corrected chi connectivity index (χ2v) is 9.57. The van der Waals surface area contributed by atoms with E-state index in [1.165, 1.54) is 37.8 Å². The van der Waals surface area contributed by atoms with Crippen molar-refractivity contribution < 1.29 is 17.6 Å². The molecular formula is C22H25FN2O3S. The van der Waals surface area contributed by atoms with Gasteiger partial charge in [-0.15, -0.1) is 0 Å². The van der Waals surface area contributed by atoms with E-state index in [0.29, 0.717) is 23.2 Å². The van der Waals surface area contributed by atoms with E-state index in [1.54, 1.807) is 24.3 Å². The number of anilines is 1. The molecule has 7 heteroatoms. The number of carbonyl (C=O) groups is 1. The fourth-order valence-corrected chi connectivity index (χ4v) is 5.61. The monoisotopic (exact) mass is 416 g/mol. The molecule has 1 saturated carbocycles. The first kappa shape index (κ1) is 19.9. The van der Waals surface area contributed by atoms with Crippen molar-refractivity contribution in [3.63, 3.8) is 0 Å². The van der Waals surface area contributed by atoms with Crippen LogP contribution >= 0.6 is 0 Å². The third-order valence-electron chi connectivity index (χ3n) is 6.01. The van der Waals surface area contributed by atoms with Crippen LogP contribution in [0.1, 0.15) is 48.9 Å². The van der Waals surface area contributed by atoms with Crippen molar-refractivity contribution in [2.75, 3.05) is 11.3 Å². The van der Waals surface area contributed by atoms with Crippen LogP contribution < -0.4 is 4.72 Å². The van der Waals surface area contributed by atoms with Crippen LogP contribution in [0.15, 0.2) is 53.4 Å². The highest BCUT2D eigenvalue weighted by Gasteiger charge is 2.35. The minimum Gasteiger partial charge on any atom is -0.335 e. The molecule has 2 aromatic rings. The Kier molecular flexibility index (Phi) is 5.58. The zero-order chi connectivity index (χ0) is 20.4. The van der Waals surface area contributed by atoms with Gasteiger partial charge in [-0.25, -0.2) is 12.8 Å². The van der Waals surface area contributed by atoms with Crippen LogP contribution in [0.5, 0.6) is 0 Å². The summed E-state index contributed by atoms with van der Waals surface area (Å²) in [5, 5.41) is 0. The lowest BCUT2D eigenvalue weighted by Gasteiger charge is -2.44. The fraction of sp³-hybridized carbons (Fsp3) is 0.409. The van der Waals surface area contributed by atoms with Crippen molar-refractivity contribution >= 4 is 21.6 Å². The number of nitrogens with one attached hydrogen (secondary N) is 1. The summed E-state index contributed by atoms with van der Waals surface area (Å²) in [6.07, 6.45) is 6.96. The molecule has 2 aliphatic rings. The van der Waals surface area contributed by atoms with Crippen LogP contribution in [0.3, 0.4) is 0 Å². The fourth-order valence-electron chi connectivity index (χ4n) is 4.55. The zero-order valence-electron chi connectivity index (χ0n) is 16.2. The van der Waals surface area contributed by atoms with Gasteiger partial charge in [0, 0.05) is 23.8 Å². The van der Waals surface area contributed by atoms with Crippen LogP contribution in [0.25, 0.3) is 0 Å². The number of rotatable bonds is 4. The first-order chi connectivity index (χ1) is 13.9. The maximum atomic E-state index is 13.1. The van der Waals surface area contributed by atoms with Crippen molar-refractivity contribution in [3.05, 3.63) is 59.9 Å². The number of hydrogen-bond acceptors (Lipinski definition) is 3. The predicted molar refractivity (Wildman–Crippen MR) is 110 cm³/mol. The number of amides is 1. The number of benzene rings is 2. The molecule has 2 fully saturated rings. The maximum absolute atomic E-state index is 13.1. The lowest BCUT2D eigenvalue weighted by atomic mass is 9.78. The molecule has 5 nitrogen and oxygen atoms in total. The van der Waals surface area contributed by atoms with E-state index >= 15 is 0 Å². The Hall–Kier alpha value is -2.41. The maximum Gasteiger partial charge on any atom is 0.261 e. The Morgan fingerprint density at radius 3 is 2.31 bits per heavy atom. The summed E-state index contributed by atoms with van der Waals surface area (Å²) in [6.45, 7) is 0.791. The molecule has 4 rings (SSSR count). The molecule has 0 spiro atoms. The number of halogens is 1. The SMILES string of the molecule is O=C(c1ccc(NS(=O)(=O)c2ccc(F)cc2)cc1)N1CCC[C@H]2CCCC[C@@H]21. The number of fused-ring (bicyclic) bond motifs is 1. The van der Waals surface area contributed by atoms with Crippen molar-refractivity contribution in [2.45, 2.75) is 49.5 Å². The number of carbonyl (C=O) groups excluding carboxylic acids is 1. The molecule has 1 amide bonds. The van der Waals surface area contributed by atoms with Gasteiger partial charge in [-0.05, 0) is 80.1 Å². The molecule has 0 aromatic heterocycles. The van der Waals surface area contributed by atoms with Crippen molar-refractivity contribution in [3.8, 4) is 0 Å². The van der Waals surface area contributed by atoms with Crippen LogP contribution in [0, 0.1) is 11.7 Å². The van der Waals surface area contributed by atoms with Crippen molar-refractivity contribution in [2.24, 2.45) is 5.92 Å². The molecule has 1 aliphatic carbocycles. The van der Waals surface area contributed by atoms with Gasteiger partial charge >= 0.3 is 0 Å². The van der Waals surface area contributed by atoms with E-state index in [4.69, 9.17) is 0 Å². The Bertz CT molecular complexity index is 972. The van der Waals surface area contributed by atoms with Gasteiger partial charge in [0.25, 0.3) is 15.9 Å². The number of sulfonamides is 1. The lowest BCUT2D eigenvalue weighted by Crippen LogP contribution is -2.49. The van der Waals surface area contributed by atoms with E-state index in [9.17, 15) is 17.6 Å². The Morgan fingerprint density at radius 2 is 1.59 bits per heavy atom. The van der Waals surface area contributed by atoms with Gasteiger partial charge in [-0.1, -0.05) is 12.8 Å². The van der Waals surface area contributed by atoms with Crippen LogP contribution in [-0.2, 0) is 10.0 Å². The largest absolute Gasteiger partial charge is 0.335 e. The highest BCUT2D eigenvalue weighted by Crippen LogP contribution is 2.36. The van der Waals surface area contributed by atoms with E-state index < -0.39 is 15.8 Å². The summed E-state index contributed by atoms with van der Waals surface area (Å²) >= 11 is 0. The normalized spacial score (nSPS) is 22.0. The summed E-state index contributed by atoms with van der Waals surface area (Å²) in [7, 11) is -3.81. The topological polar surface area (TPSA) is 66.5 Å². The van der Waals surface area contributed by atoms with Crippen LogP contribution in [-0.4, -0.2) is 31.8 Å². The number of nitrogens with zero attached hydrogens (tertiary/aromatic N) is 1. The van der Waals surface area contributed by atoms with Gasteiger partial charge in [-0.2, -0.15) is 0 Å². The zero-order valence-corrected chi connectivity index (χ0v) is 17.0. The van der Waals surface area contributed by atoms with Gasteiger partial charge in [-0.3, -0.25) is 9.52 Å². The number of piperidine rings is 1. The Balaban J connectivity index is 1.47. The van der Waals surface area contributed by atoms with E-state index in [2.05, 4.69) is 4.72 Å². The average Bonchev–Trinajstić information content (AvgIpc) is 2.73. The van der Waals surface area contributed by atoms with E-state index in [1.807, 2.05) is 4.90 Å². The second-order valence-electron chi connectivity index (χ2n) is 7.89. The van der Waals surface area contributed by atoms with Gasteiger partial charge in [0.15, 0.2) is 0 Å². The second kappa shape index (κ2) is 8.14. The lowest BCUT2D eigenvalue weighted by molar-refractivity contribution is 0.0390. The highest BCUT2D eigenvalue weighted by atomic mass is 32.2. The van der Waals surface area contributed by atoms with Crippen LogP contribution in [0.4, 0.5) is 10.1 Å². The molecule has 1 saturated heterocycles. The molecule has 0 radical (unpaired) electrons. The first-order valence-corrected chi connectivity index (χ1v) is 11.6. The van der Waals surface area contributed by atoms with Crippen molar-refractivity contribution in [1.82, 2.24) is 4.90 Å². The molecule has 0 unspecified atom stereocenters. The van der Waals surface area contributed by atoms with Gasteiger partial charge in [0.1, 0.15) is 5.82 Å².